The van der Waals surface area contributed by atoms with Gasteiger partial charge in [-0.3, -0.25) is 24.1 Å². The van der Waals surface area contributed by atoms with Crippen LogP contribution < -0.4 is 10.2 Å². The molecule has 1 aromatic heterocycles. The van der Waals surface area contributed by atoms with E-state index in [0.29, 0.717) is 6.42 Å². The lowest BCUT2D eigenvalue weighted by atomic mass is 9.68. The van der Waals surface area contributed by atoms with E-state index in [2.05, 4.69) is 10.3 Å². The molecule has 1 saturated heterocycles. The van der Waals surface area contributed by atoms with Gasteiger partial charge in [0.1, 0.15) is 12.4 Å². The molecule has 7 rings (SSSR count). The van der Waals surface area contributed by atoms with Crippen LogP contribution in [0.4, 0.5) is 23.2 Å². The Morgan fingerprint density at radius 1 is 1.02 bits per heavy atom. The number of thiazole rings is 1. The molecule has 4 aliphatic rings. The Kier molecular flexibility index (Phi) is 5.99. The topological polar surface area (TPSA) is 99.3 Å². The lowest BCUT2D eigenvalue weighted by molar-refractivity contribution is -0.143. The number of fused-ring (bicyclic) bond motifs is 9. The second-order valence-electron chi connectivity index (χ2n) is 10.9. The van der Waals surface area contributed by atoms with Gasteiger partial charge in [-0.1, -0.05) is 29.5 Å². The molecule has 3 amide bonds. The Morgan fingerprint density at radius 2 is 1.73 bits per heavy atom. The number of nitrogens with one attached hydrogen (secondary N) is 2. The van der Waals surface area contributed by atoms with Crippen molar-refractivity contribution in [1.82, 2.24) is 9.88 Å². The van der Waals surface area contributed by atoms with Crippen LogP contribution in [0.3, 0.4) is 0 Å². The number of H-pyrrole nitrogens is 1. The van der Waals surface area contributed by atoms with Gasteiger partial charge in [-0.2, -0.15) is 13.2 Å². The summed E-state index contributed by atoms with van der Waals surface area (Å²) in [6.07, 6.45) is -3.94. The van der Waals surface area contributed by atoms with Gasteiger partial charge in [0, 0.05) is 21.7 Å². The first-order valence-corrected chi connectivity index (χ1v) is 14.7. The molecule has 2 saturated carbocycles. The summed E-state index contributed by atoms with van der Waals surface area (Å²) in [6.45, 7) is -0.592. The number of amides is 3. The van der Waals surface area contributed by atoms with Crippen LogP contribution in [0.15, 0.2) is 58.4 Å². The monoisotopic (exact) mass is 603 g/mol. The number of hydrogen-bond acceptors (Lipinski definition) is 6. The van der Waals surface area contributed by atoms with E-state index >= 15 is 0 Å². The third-order valence-corrected chi connectivity index (χ3v) is 11.4. The summed E-state index contributed by atoms with van der Waals surface area (Å²) in [5, 5.41) is 3.04. The first-order valence-electron chi connectivity index (χ1n) is 13.0. The van der Waals surface area contributed by atoms with Crippen LogP contribution in [0.25, 0.3) is 0 Å². The smallest absolute Gasteiger partial charge is 0.325 e. The molecule has 2 bridgehead atoms. The van der Waals surface area contributed by atoms with Gasteiger partial charge in [0.15, 0.2) is 0 Å². The number of aromatic amines is 1. The van der Waals surface area contributed by atoms with Gasteiger partial charge in [0.2, 0.25) is 17.7 Å². The van der Waals surface area contributed by atoms with Gasteiger partial charge in [-0.05, 0) is 60.1 Å². The molecular formula is C28H21F4N3O4S2. The van der Waals surface area contributed by atoms with E-state index in [-0.39, 0.29) is 45.3 Å². The molecule has 6 unspecified atom stereocenters. The zero-order valence-corrected chi connectivity index (χ0v) is 22.6. The maximum absolute atomic E-state index is 13.8. The summed E-state index contributed by atoms with van der Waals surface area (Å²) in [5.41, 5.74) is -0.189. The number of carbonyl (C=O) groups excluding carboxylic acids is 3. The molecular weight excluding hydrogens is 582 g/mol. The van der Waals surface area contributed by atoms with E-state index in [9.17, 15) is 36.7 Å². The number of benzene rings is 2. The Labute approximate surface area is 238 Å². The first kappa shape index (κ1) is 26.4. The molecule has 2 aliphatic heterocycles. The number of carbonyl (C=O) groups is 3. The van der Waals surface area contributed by atoms with Crippen molar-refractivity contribution in [2.45, 2.75) is 28.8 Å². The molecule has 0 spiro atoms. The van der Waals surface area contributed by atoms with Crippen LogP contribution in [-0.2, 0) is 20.6 Å². The van der Waals surface area contributed by atoms with Gasteiger partial charge in [-0.15, -0.1) is 11.8 Å². The zero-order chi connectivity index (χ0) is 28.8. The summed E-state index contributed by atoms with van der Waals surface area (Å²) in [6, 6.07) is 10.3. The normalized spacial score (nSPS) is 29.9. The minimum atomic E-state index is -4.59. The number of imide groups is 1. The Bertz CT molecular complexity index is 1650. The molecule has 212 valence electrons. The number of aromatic nitrogens is 1. The number of rotatable bonds is 4. The van der Waals surface area contributed by atoms with Crippen LogP contribution in [0.1, 0.15) is 28.3 Å². The molecule has 41 heavy (non-hydrogen) atoms. The van der Waals surface area contributed by atoms with Gasteiger partial charge < -0.3 is 10.3 Å². The highest BCUT2D eigenvalue weighted by Gasteiger charge is 2.69. The lowest BCUT2D eigenvalue weighted by Gasteiger charge is -2.43. The quantitative estimate of drug-likeness (QED) is 0.333. The average molecular weight is 604 g/mol. The fraction of sp³-hybridized carbons (Fsp3) is 0.357. The van der Waals surface area contributed by atoms with Crippen LogP contribution in [0.5, 0.6) is 0 Å². The summed E-state index contributed by atoms with van der Waals surface area (Å²) < 4.78 is 53.0. The van der Waals surface area contributed by atoms with Crippen molar-refractivity contribution in [2.75, 3.05) is 11.9 Å². The molecule has 3 fully saturated rings. The predicted octanol–water partition coefficient (Wildman–Crippen LogP) is 4.71. The minimum Gasteiger partial charge on any atom is -0.325 e. The molecule has 2 aliphatic carbocycles. The molecule has 0 radical (unpaired) electrons. The highest BCUT2D eigenvalue weighted by molar-refractivity contribution is 8.00. The van der Waals surface area contributed by atoms with Crippen molar-refractivity contribution in [2.24, 2.45) is 29.6 Å². The summed E-state index contributed by atoms with van der Waals surface area (Å²) >= 11 is 2.61. The number of nitrogens with zero attached hydrogens (tertiary/aromatic N) is 1. The van der Waals surface area contributed by atoms with Crippen molar-refractivity contribution in [3.63, 3.8) is 0 Å². The zero-order valence-electron chi connectivity index (χ0n) is 21.0. The maximum atomic E-state index is 13.8. The maximum Gasteiger partial charge on any atom is 0.416 e. The van der Waals surface area contributed by atoms with E-state index < -0.39 is 47.8 Å². The summed E-state index contributed by atoms with van der Waals surface area (Å²) in [5.74, 6) is -3.97. The summed E-state index contributed by atoms with van der Waals surface area (Å²) in [4.78, 5) is 56.7. The standard InChI is InChI=1S/C28H21F4N3O4S2/c29-13-6-4-11(5-7-13)18-19-15-9-16(22(19)40-24-23(18)41-27(39)34-24)21-20(15)25(37)35(26(21)38)10-17(36)33-14-3-1-2-12(8-14)28(30,31)32/h1-8,15-16,18-22H,9-10H2,(H,33,36)(H,34,39)/t15?,16?,18-,19?,20?,21?,22?/m1/s1. The molecule has 2 aromatic carbocycles. The number of hydrogen-bond donors (Lipinski definition) is 2. The molecule has 7 nitrogen and oxygen atoms in total. The van der Waals surface area contributed by atoms with Crippen LogP contribution in [0, 0.1) is 35.4 Å². The van der Waals surface area contributed by atoms with Crippen molar-refractivity contribution in [1.29, 1.82) is 0 Å². The first-order chi connectivity index (χ1) is 19.5. The minimum absolute atomic E-state index is 0.0651. The molecule has 7 atom stereocenters. The van der Waals surface area contributed by atoms with Gasteiger partial charge in [0.25, 0.3) is 0 Å². The number of thioether (sulfide) groups is 1. The largest absolute Gasteiger partial charge is 0.416 e. The fourth-order valence-electron chi connectivity index (χ4n) is 7.40. The van der Waals surface area contributed by atoms with Crippen molar-refractivity contribution < 1.29 is 31.9 Å². The Hall–Kier alpha value is -3.45. The third-order valence-electron chi connectivity index (χ3n) is 8.82. The Balaban J connectivity index is 1.15. The van der Waals surface area contributed by atoms with Gasteiger partial charge >= 0.3 is 11.0 Å². The van der Waals surface area contributed by atoms with E-state index in [4.69, 9.17) is 0 Å². The average Bonchev–Trinajstić information content (AvgIpc) is 3.65. The van der Waals surface area contributed by atoms with E-state index in [1.165, 1.54) is 30.0 Å². The highest BCUT2D eigenvalue weighted by Crippen LogP contribution is 2.68. The van der Waals surface area contributed by atoms with E-state index in [1.54, 1.807) is 12.1 Å². The van der Waals surface area contributed by atoms with Crippen LogP contribution >= 0.6 is 23.1 Å². The highest BCUT2D eigenvalue weighted by atomic mass is 32.2. The molecule has 3 aromatic rings. The van der Waals surface area contributed by atoms with E-state index in [1.807, 2.05) is 0 Å². The van der Waals surface area contributed by atoms with Crippen LogP contribution in [0.2, 0.25) is 0 Å². The second-order valence-corrected chi connectivity index (χ2v) is 13.1. The number of anilines is 1. The molecule has 13 heteroatoms. The van der Waals surface area contributed by atoms with Gasteiger partial charge in [0.05, 0.1) is 22.4 Å². The summed E-state index contributed by atoms with van der Waals surface area (Å²) in [7, 11) is 0. The molecule has 3 heterocycles. The predicted molar refractivity (Wildman–Crippen MR) is 142 cm³/mol. The van der Waals surface area contributed by atoms with Gasteiger partial charge in [-0.25, -0.2) is 4.39 Å². The Morgan fingerprint density at radius 3 is 2.44 bits per heavy atom. The van der Waals surface area contributed by atoms with E-state index in [0.717, 1.165) is 49.9 Å². The fourth-order valence-corrected chi connectivity index (χ4v) is 10.3. The second kappa shape index (κ2) is 9.28. The number of alkyl halides is 3. The number of halogens is 4. The third kappa shape index (κ3) is 4.15. The van der Waals surface area contributed by atoms with Crippen molar-refractivity contribution in [3.8, 4) is 0 Å². The van der Waals surface area contributed by atoms with Crippen molar-refractivity contribution in [3.05, 3.63) is 80.0 Å². The van der Waals surface area contributed by atoms with Crippen molar-refractivity contribution >= 4 is 46.5 Å². The molecule has 2 N–H and O–H groups in total. The SMILES string of the molecule is O=C(CN1C(=O)C2C3CC(C2C1=O)C1C3Sc2[nH]c(=O)sc2[C@@H]1c1ccc(F)cc1)Nc1cccc(C(F)(F)F)c1. The lowest BCUT2D eigenvalue weighted by Crippen LogP contribution is -2.42. The number of likely N-dealkylation sites (tertiary alicyclic amines) is 1. The van der Waals surface area contributed by atoms with Crippen LogP contribution in [-0.4, -0.2) is 39.4 Å².